The second-order valence-corrected chi connectivity index (χ2v) is 5.51. The zero-order valence-electron chi connectivity index (χ0n) is 12.8. The molecule has 1 aromatic heterocycles. The van der Waals surface area contributed by atoms with Crippen LogP contribution in [0.5, 0.6) is 0 Å². The van der Waals surface area contributed by atoms with E-state index >= 15 is 0 Å². The van der Waals surface area contributed by atoms with Gasteiger partial charge in [-0.3, -0.25) is 23.9 Å². The number of nitrogens with one attached hydrogen (secondary N) is 1. The Balaban J connectivity index is 2.26. The topological polar surface area (TPSA) is 117 Å². The third kappa shape index (κ3) is 4.50. The smallest absolute Gasteiger partial charge is 0.330 e. The lowest BCUT2D eigenvalue weighted by Gasteiger charge is -2.18. The Bertz CT molecular complexity index is 788. The Hall–Kier alpha value is -2.10. The molecule has 1 N–H and O–H groups in total. The van der Waals surface area contributed by atoms with Crippen LogP contribution in [0.3, 0.4) is 0 Å². The van der Waals surface area contributed by atoms with Crippen molar-refractivity contribution in [2.45, 2.75) is 18.4 Å². The van der Waals surface area contributed by atoms with Gasteiger partial charge in [0.25, 0.3) is 5.56 Å². The molecular formula is C14H14Cl2N2O7. The van der Waals surface area contributed by atoms with Gasteiger partial charge in [0.2, 0.25) is 0 Å². The standard InChI is InChI=1S/C14H14Cl2N2O7/c1-7-12(25-11(21)5-16)8(6-23-10(20)4-15)24-13(7)18-3-2-9(19)17-14(18)22/h2-3,8,12-13H,1,4-6H2,(H,17,19,22)/t8-,12+,13-/m1/s1. The molecule has 1 aromatic rings. The van der Waals surface area contributed by atoms with Crippen molar-refractivity contribution < 1.29 is 23.8 Å². The number of esters is 2. The molecule has 0 aliphatic carbocycles. The van der Waals surface area contributed by atoms with Gasteiger partial charge in [0, 0.05) is 17.8 Å². The number of carbonyl (C=O) groups is 2. The van der Waals surface area contributed by atoms with Gasteiger partial charge in [-0.15, -0.1) is 23.2 Å². The van der Waals surface area contributed by atoms with Gasteiger partial charge in [-0.2, -0.15) is 0 Å². The van der Waals surface area contributed by atoms with Crippen LogP contribution in [0.15, 0.2) is 34.0 Å². The summed E-state index contributed by atoms with van der Waals surface area (Å²) in [5.41, 5.74) is -1.10. The lowest BCUT2D eigenvalue weighted by atomic mass is 10.1. The maximum Gasteiger partial charge on any atom is 0.330 e. The molecule has 3 atom stereocenters. The molecule has 0 radical (unpaired) electrons. The molecule has 0 unspecified atom stereocenters. The highest BCUT2D eigenvalue weighted by atomic mass is 35.5. The maximum absolute atomic E-state index is 11.9. The fourth-order valence-corrected chi connectivity index (χ4v) is 2.36. The molecule has 1 aliphatic heterocycles. The van der Waals surface area contributed by atoms with Crippen molar-refractivity contribution in [3.8, 4) is 0 Å². The number of H-pyrrole nitrogens is 1. The second-order valence-electron chi connectivity index (χ2n) is 4.98. The highest BCUT2D eigenvalue weighted by Gasteiger charge is 2.43. The van der Waals surface area contributed by atoms with Crippen molar-refractivity contribution in [3.05, 3.63) is 45.3 Å². The Labute approximate surface area is 151 Å². The average Bonchev–Trinajstić information content (AvgIpc) is 2.88. The molecule has 136 valence electrons. The van der Waals surface area contributed by atoms with Crippen LogP contribution in [0.2, 0.25) is 0 Å². The third-order valence-electron chi connectivity index (χ3n) is 3.31. The van der Waals surface area contributed by atoms with Crippen LogP contribution in [-0.4, -0.2) is 52.1 Å². The van der Waals surface area contributed by atoms with Crippen molar-refractivity contribution in [1.29, 1.82) is 0 Å². The van der Waals surface area contributed by atoms with E-state index in [-0.39, 0.29) is 18.1 Å². The summed E-state index contributed by atoms with van der Waals surface area (Å²) in [5, 5.41) is 0. The van der Waals surface area contributed by atoms with Crippen molar-refractivity contribution in [3.63, 3.8) is 0 Å². The highest BCUT2D eigenvalue weighted by Crippen LogP contribution is 2.34. The van der Waals surface area contributed by atoms with Crippen LogP contribution >= 0.6 is 23.2 Å². The van der Waals surface area contributed by atoms with Crippen LogP contribution in [0, 0.1) is 0 Å². The first-order chi connectivity index (χ1) is 11.9. The van der Waals surface area contributed by atoms with Crippen LogP contribution in [0.25, 0.3) is 0 Å². The van der Waals surface area contributed by atoms with E-state index in [9.17, 15) is 19.2 Å². The van der Waals surface area contributed by atoms with Gasteiger partial charge in [-0.1, -0.05) is 6.58 Å². The molecule has 0 amide bonds. The van der Waals surface area contributed by atoms with E-state index in [4.69, 9.17) is 37.4 Å². The summed E-state index contributed by atoms with van der Waals surface area (Å²) in [7, 11) is 0. The Kier molecular flexibility index (Phi) is 6.40. The second kappa shape index (κ2) is 8.32. The van der Waals surface area contributed by atoms with E-state index in [0.29, 0.717) is 0 Å². The van der Waals surface area contributed by atoms with Gasteiger partial charge in [-0.25, -0.2) is 4.79 Å². The first-order valence-electron chi connectivity index (χ1n) is 7.00. The van der Waals surface area contributed by atoms with E-state index < -0.39 is 47.5 Å². The van der Waals surface area contributed by atoms with Gasteiger partial charge >= 0.3 is 17.6 Å². The van der Waals surface area contributed by atoms with Gasteiger partial charge in [-0.05, 0) is 0 Å². The Morgan fingerprint density at radius 1 is 1.28 bits per heavy atom. The molecule has 2 rings (SSSR count). The highest BCUT2D eigenvalue weighted by molar-refractivity contribution is 6.26. The summed E-state index contributed by atoms with van der Waals surface area (Å²) in [5.74, 6) is -2.19. The van der Waals surface area contributed by atoms with Crippen LogP contribution in [-0.2, 0) is 23.8 Å². The van der Waals surface area contributed by atoms with E-state index in [2.05, 4.69) is 11.6 Å². The van der Waals surface area contributed by atoms with Gasteiger partial charge in [0.05, 0.1) is 0 Å². The van der Waals surface area contributed by atoms with Crippen molar-refractivity contribution in [2.75, 3.05) is 18.4 Å². The SMILES string of the molecule is C=C1[C@H](n2ccc(=O)[nH]c2=O)O[C@H](COC(=O)CCl)[C@H]1OC(=O)CCl. The molecule has 0 bridgehead atoms. The molecule has 0 aromatic carbocycles. The number of halogens is 2. The molecule has 11 heteroatoms. The van der Waals surface area contributed by atoms with Crippen LogP contribution < -0.4 is 11.2 Å². The molecule has 1 saturated heterocycles. The first-order valence-corrected chi connectivity index (χ1v) is 8.07. The summed E-state index contributed by atoms with van der Waals surface area (Å²) in [6.45, 7) is 3.50. The zero-order valence-corrected chi connectivity index (χ0v) is 14.3. The number of hydrogen-bond acceptors (Lipinski definition) is 7. The molecule has 2 heterocycles. The summed E-state index contributed by atoms with van der Waals surface area (Å²) in [4.78, 5) is 47.9. The third-order valence-corrected chi connectivity index (χ3v) is 3.75. The number of carbonyl (C=O) groups excluding carboxylic acids is 2. The minimum Gasteiger partial charge on any atom is -0.462 e. The van der Waals surface area contributed by atoms with Crippen molar-refractivity contribution in [1.82, 2.24) is 9.55 Å². The lowest BCUT2D eigenvalue weighted by Crippen LogP contribution is -2.33. The summed E-state index contributed by atoms with van der Waals surface area (Å²) in [6.07, 6.45) is -1.74. The largest absolute Gasteiger partial charge is 0.462 e. The monoisotopic (exact) mass is 392 g/mol. The minimum atomic E-state index is -1.03. The maximum atomic E-state index is 11.9. The van der Waals surface area contributed by atoms with Gasteiger partial charge < -0.3 is 14.2 Å². The number of ether oxygens (including phenoxy) is 3. The molecular weight excluding hydrogens is 379 g/mol. The molecule has 1 aliphatic rings. The summed E-state index contributed by atoms with van der Waals surface area (Å²) >= 11 is 10.8. The Morgan fingerprint density at radius 3 is 2.56 bits per heavy atom. The summed E-state index contributed by atoms with van der Waals surface area (Å²) < 4.78 is 16.8. The van der Waals surface area contributed by atoms with Gasteiger partial charge in [0.1, 0.15) is 24.5 Å². The minimum absolute atomic E-state index is 0.222. The Morgan fingerprint density at radius 2 is 1.96 bits per heavy atom. The quantitative estimate of drug-likeness (QED) is 0.408. The van der Waals surface area contributed by atoms with Gasteiger partial charge in [0.15, 0.2) is 12.3 Å². The van der Waals surface area contributed by atoms with Crippen molar-refractivity contribution in [2.24, 2.45) is 0 Å². The van der Waals surface area contributed by atoms with E-state index in [0.717, 1.165) is 10.6 Å². The number of aromatic nitrogens is 2. The fourth-order valence-electron chi connectivity index (χ4n) is 2.22. The number of hydrogen-bond donors (Lipinski definition) is 1. The molecule has 9 nitrogen and oxygen atoms in total. The van der Waals surface area contributed by atoms with Crippen LogP contribution in [0.1, 0.15) is 6.23 Å². The number of rotatable bonds is 6. The predicted octanol–water partition coefficient (Wildman–Crippen LogP) is -0.0772. The van der Waals surface area contributed by atoms with E-state index in [1.54, 1.807) is 0 Å². The lowest BCUT2D eigenvalue weighted by molar-refractivity contribution is -0.154. The van der Waals surface area contributed by atoms with Crippen molar-refractivity contribution >= 4 is 35.1 Å². The predicted molar refractivity (Wildman–Crippen MR) is 86.7 cm³/mol. The van der Waals surface area contributed by atoms with E-state index in [1.165, 1.54) is 6.20 Å². The number of alkyl halides is 2. The molecule has 25 heavy (non-hydrogen) atoms. The van der Waals surface area contributed by atoms with E-state index in [1.807, 2.05) is 0 Å². The first kappa shape index (κ1) is 19.2. The average molecular weight is 393 g/mol. The zero-order chi connectivity index (χ0) is 18.6. The fraction of sp³-hybridized carbons (Fsp3) is 0.429. The molecule has 0 spiro atoms. The number of nitrogens with zero attached hydrogens (tertiary/aromatic N) is 1. The van der Waals surface area contributed by atoms with Crippen LogP contribution in [0.4, 0.5) is 0 Å². The molecule has 1 fully saturated rings. The summed E-state index contributed by atoms with van der Waals surface area (Å²) in [6, 6.07) is 1.12. The number of aromatic amines is 1. The normalized spacial score (nSPS) is 22.6. The molecule has 0 saturated carbocycles.